The van der Waals surface area contributed by atoms with Crippen molar-refractivity contribution in [2.24, 2.45) is 0 Å². The van der Waals surface area contributed by atoms with Gasteiger partial charge in [-0.15, -0.1) is 0 Å². The van der Waals surface area contributed by atoms with Crippen LogP contribution in [0.3, 0.4) is 0 Å². The molecular formula is C22H23NO6. The van der Waals surface area contributed by atoms with E-state index in [-0.39, 0.29) is 24.5 Å². The molecule has 29 heavy (non-hydrogen) atoms. The number of carbonyl (C=O) groups excluding carboxylic acids is 2. The van der Waals surface area contributed by atoms with Gasteiger partial charge in [0.25, 0.3) is 11.7 Å². The molecule has 2 N–H and O–H groups in total. The second-order valence-electron chi connectivity index (χ2n) is 6.55. The largest absolute Gasteiger partial charge is 0.507 e. The van der Waals surface area contributed by atoms with Gasteiger partial charge in [0, 0.05) is 18.7 Å². The van der Waals surface area contributed by atoms with Crippen LogP contribution < -0.4 is 9.47 Å². The first-order valence-corrected chi connectivity index (χ1v) is 9.20. The highest BCUT2D eigenvalue weighted by Crippen LogP contribution is 2.41. The van der Waals surface area contributed by atoms with E-state index >= 15 is 0 Å². The highest BCUT2D eigenvalue weighted by molar-refractivity contribution is 6.46. The van der Waals surface area contributed by atoms with Crippen molar-refractivity contribution in [3.63, 3.8) is 0 Å². The molecule has 1 atom stereocenters. The molecule has 0 unspecified atom stereocenters. The number of methoxy groups -OCH3 is 2. The predicted molar refractivity (Wildman–Crippen MR) is 107 cm³/mol. The lowest BCUT2D eigenvalue weighted by Gasteiger charge is -2.25. The third-order valence-electron chi connectivity index (χ3n) is 4.87. The van der Waals surface area contributed by atoms with Gasteiger partial charge in [-0.05, 0) is 24.1 Å². The van der Waals surface area contributed by atoms with Crippen LogP contribution in [0, 0.1) is 0 Å². The average Bonchev–Trinajstić information content (AvgIpc) is 3.01. The highest BCUT2D eigenvalue weighted by atomic mass is 16.5. The molecule has 0 radical (unpaired) electrons. The van der Waals surface area contributed by atoms with Gasteiger partial charge in [0.1, 0.15) is 5.76 Å². The number of Topliss-reactive ketones (excluding diaryl/α,β-unsaturated/α-hetero) is 1. The molecule has 2 aromatic carbocycles. The van der Waals surface area contributed by atoms with Crippen molar-refractivity contribution < 1.29 is 29.3 Å². The van der Waals surface area contributed by atoms with E-state index < -0.39 is 17.7 Å². The zero-order valence-corrected chi connectivity index (χ0v) is 16.3. The van der Waals surface area contributed by atoms with Crippen molar-refractivity contribution in [1.29, 1.82) is 0 Å². The first-order valence-electron chi connectivity index (χ1n) is 9.20. The van der Waals surface area contributed by atoms with Crippen molar-refractivity contribution in [1.82, 2.24) is 4.90 Å². The number of amides is 1. The summed E-state index contributed by atoms with van der Waals surface area (Å²) >= 11 is 0. The van der Waals surface area contributed by atoms with Crippen molar-refractivity contribution in [3.05, 3.63) is 65.2 Å². The molecule has 0 saturated carbocycles. The molecule has 0 spiro atoms. The number of likely N-dealkylation sites (tertiary alicyclic amines) is 1. The van der Waals surface area contributed by atoms with E-state index in [1.165, 1.54) is 19.1 Å². The topological polar surface area (TPSA) is 96.3 Å². The van der Waals surface area contributed by atoms with Gasteiger partial charge in [0.05, 0.1) is 25.8 Å². The summed E-state index contributed by atoms with van der Waals surface area (Å²) in [6.45, 7) is 0.0476. The molecular weight excluding hydrogens is 374 g/mol. The number of benzene rings is 2. The fourth-order valence-corrected chi connectivity index (χ4v) is 3.47. The number of aliphatic hydroxyl groups is 2. The molecule has 1 aliphatic heterocycles. The van der Waals surface area contributed by atoms with E-state index in [0.29, 0.717) is 29.0 Å². The Morgan fingerprint density at radius 2 is 1.72 bits per heavy atom. The average molecular weight is 397 g/mol. The van der Waals surface area contributed by atoms with Crippen molar-refractivity contribution in [2.75, 3.05) is 27.4 Å². The van der Waals surface area contributed by atoms with Gasteiger partial charge in [0.2, 0.25) is 0 Å². The predicted octanol–water partition coefficient (Wildman–Crippen LogP) is 2.51. The molecule has 1 heterocycles. The van der Waals surface area contributed by atoms with Crippen molar-refractivity contribution in [2.45, 2.75) is 12.5 Å². The Morgan fingerprint density at radius 3 is 2.34 bits per heavy atom. The fraction of sp³-hybridized carbons (Fsp3) is 0.273. The maximum Gasteiger partial charge on any atom is 0.295 e. The van der Waals surface area contributed by atoms with Gasteiger partial charge in [0.15, 0.2) is 11.5 Å². The van der Waals surface area contributed by atoms with Gasteiger partial charge in [-0.1, -0.05) is 36.4 Å². The zero-order chi connectivity index (χ0) is 21.0. The maximum atomic E-state index is 12.8. The second-order valence-corrected chi connectivity index (χ2v) is 6.55. The number of hydrogen-bond acceptors (Lipinski definition) is 6. The summed E-state index contributed by atoms with van der Waals surface area (Å²) in [5.41, 5.74) is 1.04. The summed E-state index contributed by atoms with van der Waals surface area (Å²) in [6.07, 6.45) is 0.308. The molecule has 0 aliphatic carbocycles. The molecule has 1 amide bonds. The smallest absolute Gasteiger partial charge is 0.295 e. The van der Waals surface area contributed by atoms with Crippen LogP contribution in [0.15, 0.2) is 54.1 Å². The van der Waals surface area contributed by atoms with E-state index in [1.54, 1.807) is 48.5 Å². The normalized spacial score (nSPS) is 18.2. The molecule has 1 fully saturated rings. The van der Waals surface area contributed by atoms with Gasteiger partial charge >= 0.3 is 0 Å². The quantitative estimate of drug-likeness (QED) is 0.423. The van der Waals surface area contributed by atoms with E-state index in [2.05, 4.69) is 0 Å². The monoisotopic (exact) mass is 397 g/mol. The van der Waals surface area contributed by atoms with Crippen LogP contribution in [-0.2, 0) is 9.59 Å². The Morgan fingerprint density at radius 1 is 1.03 bits per heavy atom. The maximum absolute atomic E-state index is 12.8. The number of ketones is 1. The van der Waals surface area contributed by atoms with E-state index in [9.17, 15) is 19.8 Å². The molecule has 152 valence electrons. The summed E-state index contributed by atoms with van der Waals surface area (Å²) in [4.78, 5) is 26.9. The lowest BCUT2D eigenvalue weighted by Crippen LogP contribution is -2.31. The summed E-state index contributed by atoms with van der Waals surface area (Å²) in [6, 6.07) is 12.9. The lowest BCUT2D eigenvalue weighted by molar-refractivity contribution is -0.140. The fourth-order valence-electron chi connectivity index (χ4n) is 3.47. The minimum atomic E-state index is -0.804. The van der Waals surface area contributed by atoms with Gasteiger partial charge < -0.3 is 24.6 Å². The Labute approximate surface area is 168 Å². The number of aliphatic hydroxyl groups excluding tert-OH is 2. The van der Waals surface area contributed by atoms with E-state index in [1.807, 2.05) is 0 Å². The van der Waals surface area contributed by atoms with Gasteiger partial charge in [-0.25, -0.2) is 0 Å². The minimum Gasteiger partial charge on any atom is -0.507 e. The summed E-state index contributed by atoms with van der Waals surface area (Å²) in [5.74, 6) is -0.765. The molecule has 1 aliphatic rings. The molecule has 7 nitrogen and oxygen atoms in total. The highest BCUT2D eigenvalue weighted by Gasteiger charge is 2.46. The second kappa shape index (κ2) is 8.79. The molecule has 0 aromatic heterocycles. The standard InChI is InChI=1S/C22H23NO6/c1-28-16-10-9-15(13-17(16)29-2)19-18(20(25)14-7-4-3-5-8-14)21(26)22(27)23(19)11-6-12-24/h3-5,7-10,13,19,24-25H,6,11-12H2,1-2H3/b20-18+/t19-/m1/s1. The summed E-state index contributed by atoms with van der Waals surface area (Å²) in [5, 5.41) is 20.1. The van der Waals surface area contributed by atoms with E-state index in [0.717, 1.165) is 0 Å². The Kier molecular flexibility index (Phi) is 6.19. The zero-order valence-electron chi connectivity index (χ0n) is 16.3. The molecule has 3 rings (SSSR count). The number of ether oxygens (including phenoxy) is 2. The Balaban J connectivity index is 2.18. The van der Waals surface area contributed by atoms with Crippen molar-refractivity contribution in [3.8, 4) is 11.5 Å². The molecule has 2 aromatic rings. The third kappa shape index (κ3) is 3.82. The van der Waals surface area contributed by atoms with Crippen LogP contribution in [0.4, 0.5) is 0 Å². The Bertz CT molecular complexity index is 938. The van der Waals surface area contributed by atoms with Crippen LogP contribution in [-0.4, -0.2) is 54.2 Å². The first-order chi connectivity index (χ1) is 14.0. The number of hydrogen-bond donors (Lipinski definition) is 2. The SMILES string of the molecule is COc1ccc([C@@H]2/C(=C(\O)c3ccccc3)C(=O)C(=O)N2CCCO)cc1OC. The van der Waals surface area contributed by atoms with E-state index in [4.69, 9.17) is 9.47 Å². The summed E-state index contributed by atoms with van der Waals surface area (Å²) < 4.78 is 10.6. The number of rotatable bonds is 7. The summed E-state index contributed by atoms with van der Waals surface area (Å²) in [7, 11) is 3.01. The van der Waals surface area contributed by atoms with Gasteiger partial charge in [-0.3, -0.25) is 9.59 Å². The van der Waals surface area contributed by atoms with Crippen molar-refractivity contribution >= 4 is 17.4 Å². The Hall–Kier alpha value is -3.32. The van der Waals surface area contributed by atoms with Crippen LogP contribution in [0.5, 0.6) is 11.5 Å². The van der Waals surface area contributed by atoms with Crippen LogP contribution in [0.2, 0.25) is 0 Å². The van der Waals surface area contributed by atoms with Crippen LogP contribution in [0.1, 0.15) is 23.6 Å². The third-order valence-corrected chi connectivity index (χ3v) is 4.87. The number of carbonyl (C=O) groups is 2. The minimum absolute atomic E-state index is 0.00589. The molecule has 7 heteroatoms. The lowest BCUT2D eigenvalue weighted by atomic mass is 9.95. The van der Waals surface area contributed by atoms with Crippen LogP contribution >= 0.6 is 0 Å². The first kappa shape index (κ1) is 20.4. The molecule has 0 bridgehead atoms. The van der Waals surface area contributed by atoms with Gasteiger partial charge in [-0.2, -0.15) is 0 Å². The van der Waals surface area contributed by atoms with Crippen LogP contribution in [0.25, 0.3) is 5.76 Å². The number of nitrogens with zero attached hydrogens (tertiary/aromatic N) is 1. The molecule has 1 saturated heterocycles.